The molecule has 6 nitrogen and oxygen atoms in total. The van der Waals surface area contributed by atoms with Gasteiger partial charge in [-0.05, 0) is 43.3 Å². The van der Waals surface area contributed by atoms with Gasteiger partial charge in [0.2, 0.25) is 5.91 Å². The van der Waals surface area contributed by atoms with Crippen molar-refractivity contribution in [3.8, 4) is 5.75 Å². The molecule has 2 aromatic carbocycles. The van der Waals surface area contributed by atoms with Crippen LogP contribution in [0.1, 0.15) is 12.7 Å². The Hall–Kier alpha value is -1.64. The van der Waals surface area contributed by atoms with E-state index in [4.69, 9.17) is 51.1 Å². The maximum absolute atomic E-state index is 12.3. The van der Waals surface area contributed by atoms with Crippen molar-refractivity contribution >= 4 is 69.8 Å². The highest BCUT2D eigenvalue weighted by Crippen LogP contribution is 2.32. The van der Waals surface area contributed by atoms with Crippen molar-refractivity contribution in [1.82, 2.24) is 14.8 Å². The van der Waals surface area contributed by atoms with Crippen LogP contribution in [-0.2, 0) is 17.9 Å². The molecule has 3 rings (SSSR count). The molecule has 3 aromatic rings. The van der Waals surface area contributed by atoms with Crippen LogP contribution in [0.25, 0.3) is 0 Å². The van der Waals surface area contributed by atoms with Gasteiger partial charge in [0.25, 0.3) is 0 Å². The number of hydrogen-bond acceptors (Lipinski definition) is 5. The molecule has 0 fully saturated rings. The highest BCUT2D eigenvalue weighted by atomic mass is 35.5. The molecule has 0 aliphatic heterocycles. The average molecular weight is 506 g/mol. The molecule has 0 aliphatic carbocycles. The van der Waals surface area contributed by atoms with Crippen LogP contribution < -0.4 is 10.1 Å². The summed E-state index contributed by atoms with van der Waals surface area (Å²) in [4.78, 5) is 12.3. The Morgan fingerprint density at radius 1 is 1.07 bits per heavy atom. The van der Waals surface area contributed by atoms with E-state index in [-0.39, 0.29) is 18.3 Å². The van der Waals surface area contributed by atoms with Crippen LogP contribution in [0.15, 0.2) is 41.6 Å². The Morgan fingerprint density at radius 2 is 1.77 bits per heavy atom. The number of carbonyl (C=O) groups excluding carboxylic acids is 1. The lowest BCUT2D eigenvalue weighted by Crippen LogP contribution is -2.15. The lowest BCUT2D eigenvalue weighted by Gasteiger charge is -2.10. The van der Waals surface area contributed by atoms with Gasteiger partial charge in [-0.3, -0.25) is 4.79 Å². The van der Waals surface area contributed by atoms with E-state index in [0.717, 1.165) is 0 Å². The minimum absolute atomic E-state index is 0.118. The highest BCUT2D eigenvalue weighted by molar-refractivity contribution is 7.99. The Balaban J connectivity index is 1.59. The first kappa shape index (κ1) is 23.0. The molecule has 1 aromatic heterocycles. The smallest absolute Gasteiger partial charge is 0.234 e. The van der Waals surface area contributed by atoms with Gasteiger partial charge < -0.3 is 14.6 Å². The largest absolute Gasteiger partial charge is 0.486 e. The van der Waals surface area contributed by atoms with Crippen molar-refractivity contribution in [2.75, 3.05) is 11.1 Å². The number of halogens is 4. The lowest BCUT2D eigenvalue weighted by atomic mass is 10.3. The van der Waals surface area contributed by atoms with E-state index in [9.17, 15) is 4.79 Å². The van der Waals surface area contributed by atoms with Crippen LogP contribution in [0.3, 0.4) is 0 Å². The fraction of sp³-hybridized carbons (Fsp3) is 0.211. The zero-order valence-corrected chi connectivity index (χ0v) is 19.5. The van der Waals surface area contributed by atoms with Crippen LogP contribution in [0.4, 0.5) is 5.69 Å². The van der Waals surface area contributed by atoms with E-state index in [1.807, 2.05) is 11.5 Å². The van der Waals surface area contributed by atoms with E-state index in [1.165, 1.54) is 23.9 Å². The predicted octanol–water partition coefficient (Wildman–Crippen LogP) is 6.22. The zero-order valence-electron chi connectivity index (χ0n) is 15.7. The molecule has 0 aliphatic rings. The number of amides is 1. The van der Waals surface area contributed by atoms with Gasteiger partial charge in [0.05, 0.1) is 26.5 Å². The number of rotatable bonds is 8. The minimum Gasteiger partial charge on any atom is -0.486 e. The zero-order chi connectivity index (χ0) is 21.7. The molecule has 0 saturated carbocycles. The third kappa shape index (κ3) is 5.95. The SMILES string of the molecule is CCn1c(COc2ccc(Cl)cc2)nnc1SCC(=O)Nc1cc(Cl)c(Cl)cc1Cl. The van der Waals surface area contributed by atoms with Gasteiger partial charge in [0.15, 0.2) is 11.0 Å². The molecule has 1 amide bonds. The van der Waals surface area contributed by atoms with Gasteiger partial charge in [0, 0.05) is 11.6 Å². The maximum atomic E-state index is 12.3. The number of aromatic nitrogens is 3. The van der Waals surface area contributed by atoms with Crippen LogP contribution >= 0.6 is 58.2 Å². The second kappa shape index (κ2) is 10.6. The number of thioether (sulfide) groups is 1. The highest BCUT2D eigenvalue weighted by Gasteiger charge is 2.15. The van der Waals surface area contributed by atoms with Crippen molar-refractivity contribution in [2.24, 2.45) is 0 Å². The van der Waals surface area contributed by atoms with Gasteiger partial charge in [0.1, 0.15) is 12.4 Å². The summed E-state index contributed by atoms with van der Waals surface area (Å²) in [5, 5.41) is 13.2. The van der Waals surface area contributed by atoms with Crippen LogP contribution in [0, 0.1) is 0 Å². The maximum Gasteiger partial charge on any atom is 0.234 e. The molecule has 1 N–H and O–H groups in total. The summed E-state index contributed by atoms with van der Waals surface area (Å²) in [6, 6.07) is 10.1. The molecule has 11 heteroatoms. The van der Waals surface area contributed by atoms with E-state index < -0.39 is 0 Å². The quantitative estimate of drug-likeness (QED) is 0.290. The number of carbonyl (C=O) groups is 1. The second-order valence-corrected chi connectivity index (χ2v) is 8.57. The minimum atomic E-state index is -0.259. The molecule has 0 spiro atoms. The number of hydrogen-bond donors (Lipinski definition) is 1. The van der Waals surface area contributed by atoms with E-state index in [1.54, 1.807) is 24.3 Å². The summed E-state index contributed by atoms with van der Waals surface area (Å²) >= 11 is 25.1. The third-order valence-electron chi connectivity index (χ3n) is 3.91. The molecule has 0 radical (unpaired) electrons. The Bertz CT molecular complexity index is 1040. The van der Waals surface area contributed by atoms with Gasteiger partial charge in [-0.1, -0.05) is 58.2 Å². The number of anilines is 1. The Morgan fingerprint density at radius 3 is 2.47 bits per heavy atom. The molecule has 0 bridgehead atoms. The fourth-order valence-electron chi connectivity index (χ4n) is 2.46. The fourth-order valence-corrected chi connectivity index (χ4v) is 4.00. The van der Waals surface area contributed by atoms with Crippen molar-refractivity contribution in [3.05, 3.63) is 62.3 Å². The molecule has 1 heterocycles. The molecule has 30 heavy (non-hydrogen) atoms. The second-order valence-electron chi connectivity index (χ2n) is 5.97. The van der Waals surface area contributed by atoms with Crippen molar-refractivity contribution < 1.29 is 9.53 Å². The molecular formula is C19H16Cl4N4O2S. The molecular weight excluding hydrogens is 490 g/mol. The standard InChI is InChI=1S/C19H16Cl4N4O2S/c1-2-27-17(9-29-12-5-3-11(20)4-6-12)25-26-19(27)30-10-18(28)24-16-8-14(22)13(21)7-15(16)23/h3-8H,2,9-10H2,1H3,(H,24,28). The lowest BCUT2D eigenvalue weighted by molar-refractivity contribution is -0.113. The van der Waals surface area contributed by atoms with Crippen LogP contribution in [0.2, 0.25) is 20.1 Å². The monoisotopic (exact) mass is 504 g/mol. The summed E-state index contributed by atoms with van der Waals surface area (Å²) < 4.78 is 7.62. The normalized spacial score (nSPS) is 10.8. The first-order valence-electron chi connectivity index (χ1n) is 8.75. The topological polar surface area (TPSA) is 69.0 Å². The van der Waals surface area contributed by atoms with E-state index in [2.05, 4.69) is 15.5 Å². The van der Waals surface area contributed by atoms with Crippen molar-refractivity contribution in [1.29, 1.82) is 0 Å². The van der Waals surface area contributed by atoms with E-state index >= 15 is 0 Å². The van der Waals surface area contributed by atoms with Gasteiger partial charge in [-0.2, -0.15) is 0 Å². The number of ether oxygens (including phenoxy) is 1. The van der Waals surface area contributed by atoms with Gasteiger partial charge in [-0.25, -0.2) is 0 Å². The summed E-state index contributed by atoms with van der Waals surface area (Å²) in [5.41, 5.74) is 0.394. The summed E-state index contributed by atoms with van der Waals surface area (Å²) in [6.07, 6.45) is 0. The first-order valence-corrected chi connectivity index (χ1v) is 11.2. The average Bonchev–Trinajstić information content (AvgIpc) is 3.12. The van der Waals surface area contributed by atoms with Crippen molar-refractivity contribution in [3.63, 3.8) is 0 Å². The molecule has 0 atom stereocenters. The molecule has 0 unspecified atom stereocenters. The number of nitrogens with one attached hydrogen (secondary N) is 1. The van der Waals surface area contributed by atoms with Crippen LogP contribution in [0.5, 0.6) is 5.75 Å². The van der Waals surface area contributed by atoms with E-state index in [0.29, 0.717) is 49.1 Å². The number of benzene rings is 2. The number of nitrogens with zero attached hydrogens (tertiary/aromatic N) is 3. The molecule has 0 saturated heterocycles. The Kier molecular flexibility index (Phi) is 8.13. The summed E-state index contributed by atoms with van der Waals surface area (Å²) in [6.45, 7) is 2.84. The Labute approximate surface area is 197 Å². The third-order valence-corrected chi connectivity index (χ3v) is 6.16. The van der Waals surface area contributed by atoms with Gasteiger partial charge in [-0.15, -0.1) is 10.2 Å². The predicted molar refractivity (Wildman–Crippen MR) is 122 cm³/mol. The van der Waals surface area contributed by atoms with Crippen LogP contribution in [-0.4, -0.2) is 26.4 Å². The summed E-state index contributed by atoms with van der Waals surface area (Å²) in [5.74, 6) is 1.19. The van der Waals surface area contributed by atoms with Crippen molar-refractivity contribution in [2.45, 2.75) is 25.2 Å². The van der Waals surface area contributed by atoms with Gasteiger partial charge >= 0.3 is 0 Å². The first-order chi connectivity index (χ1) is 14.4. The summed E-state index contributed by atoms with van der Waals surface area (Å²) in [7, 11) is 0. The molecule has 158 valence electrons.